The van der Waals surface area contributed by atoms with E-state index in [0.717, 1.165) is 49.9 Å². The molecule has 6 heteroatoms. The van der Waals surface area contributed by atoms with E-state index < -0.39 is 0 Å². The maximum atomic E-state index is 13.6. The van der Waals surface area contributed by atoms with Crippen molar-refractivity contribution in [3.05, 3.63) is 0 Å². The number of carbonyl (C=O) groups is 3. The van der Waals surface area contributed by atoms with Gasteiger partial charge in [0.1, 0.15) is 6.04 Å². The number of rotatable bonds is 6. The standard InChI is InChI=1S/C22H35N3O3/c1-14(2)19(26)23-5-6-24-20(27)18-4-3-7-25(18)21(28)22-11-15-8-16(12-22)10-17(9-15)13-22/h14-18H,3-13H2,1-2H3,(H,23,26)(H,24,27)/t15?,16?,17?,18-,22?/m0/s1. The minimum absolute atomic E-state index is 0.00580. The van der Waals surface area contributed by atoms with Crippen molar-refractivity contribution in [1.82, 2.24) is 15.5 Å². The fourth-order valence-corrected chi connectivity index (χ4v) is 6.65. The highest BCUT2D eigenvalue weighted by molar-refractivity contribution is 5.91. The van der Waals surface area contributed by atoms with Crippen LogP contribution < -0.4 is 10.6 Å². The first kappa shape index (κ1) is 19.7. The molecule has 1 heterocycles. The van der Waals surface area contributed by atoms with Gasteiger partial charge in [0, 0.05) is 25.6 Å². The SMILES string of the molecule is CC(C)C(=O)NCCNC(=O)[C@@H]1CCCN1C(=O)C12CC3CC(CC(C3)C1)C2. The summed E-state index contributed by atoms with van der Waals surface area (Å²) in [6.45, 7) is 5.25. The normalized spacial score (nSPS) is 36.0. The van der Waals surface area contributed by atoms with Crippen LogP contribution in [0.4, 0.5) is 0 Å². The van der Waals surface area contributed by atoms with Gasteiger partial charge in [-0.05, 0) is 69.1 Å². The van der Waals surface area contributed by atoms with E-state index in [2.05, 4.69) is 10.6 Å². The Morgan fingerprint density at radius 2 is 1.54 bits per heavy atom. The van der Waals surface area contributed by atoms with Gasteiger partial charge in [-0.15, -0.1) is 0 Å². The topological polar surface area (TPSA) is 78.5 Å². The quantitative estimate of drug-likeness (QED) is 0.683. The molecule has 4 aliphatic carbocycles. The number of likely N-dealkylation sites (tertiary alicyclic amines) is 1. The highest BCUT2D eigenvalue weighted by Gasteiger charge is 2.56. The molecule has 28 heavy (non-hydrogen) atoms. The van der Waals surface area contributed by atoms with Crippen molar-refractivity contribution in [2.75, 3.05) is 19.6 Å². The zero-order valence-corrected chi connectivity index (χ0v) is 17.3. The van der Waals surface area contributed by atoms with E-state index in [-0.39, 0.29) is 35.1 Å². The van der Waals surface area contributed by atoms with E-state index >= 15 is 0 Å². The van der Waals surface area contributed by atoms with E-state index in [0.29, 0.717) is 19.6 Å². The van der Waals surface area contributed by atoms with Crippen molar-refractivity contribution in [3.8, 4) is 0 Å². The van der Waals surface area contributed by atoms with Gasteiger partial charge in [0.05, 0.1) is 5.41 Å². The Bertz CT molecular complexity index is 610. The largest absolute Gasteiger partial charge is 0.354 e. The summed E-state index contributed by atoms with van der Waals surface area (Å²) in [6, 6.07) is -0.332. The lowest BCUT2D eigenvalue weighted by molar-refractivity contribution is -0.160. The summed E-state index contributed by atoms with van der Waals surface area (Å²) in [7, 11) is 0. The molecular weight excluding hydrogens is 354 g/mol. The van der Waals surface area contributed by atoms with Crippen molar-refractivity contribution in [2.45, 2.75) is 71.3 Å². The summed E-state index contributed by atoms with van der Waals surface area (Å²) in [5.74, 6) is 2.33. The van der Waals surface area contributed by atoms with Crippen LogP contribution in [0.2, 0.25) is 0 Å². The Kier molecular flexibility index (Phi) is 5.41. The molecule has 3 amide bonds. The highest BCUT2D eigenvalue weighted by atomic mass is 16.2. The molecule has 0 aromatic heterocycles. The fourth-order valence-electron chi connectivity index (χ4n) is 6.65. The zero-order valence-electron chi connectivity index (χ0n) is 17.3. The van der Waals surface area contributed by atoms with Crippen LogP contribution in [0.25, 0.3) is 0 Å². The number of nitrogens with zero attached hydrogens (tertiary/aromatic N) is 1. The van der Waals surface area contributed by atoms with Crippen LogP contribution in [0.1, 0.15) is 65.2 Å². The lowest BCUT2D eigenvalue weighted by Crippen LogP contribution is -2.57. The predicted molar refractivity (Wildman–Crippen MR) is 106 cm³/mol. The molecule has 1 aliphatic heterocycles. The zero-order chi connectivity index (χ0) is 19.9. The molecule has 1 saturated heterocycles. The molecule has 0 unspecified atom stereocenters. The Hall–Kier alpha value is -1.59. The van der Waals surface area contributed by atoms with Gasteiger partial charge < -0.3 is 15.5 Å². The Morgan fingerprint density at radius 1 is 0.964 bits per heavy atom. The first-order valence-electron chi connectivity index (χ1n) is 11.2. The maximum absolute atomic E-state index is 13.6. The minimum Gasteiger partial charge on any atom is -0.354 e. The molecule has 0 aromatic carbocycles. The van der Waals surface area contributed by atoms with Gasteiger partial charge in [0.15, 0.2) is 0 Å². The Balaban J connectivity index is 1.34. The van der Waals surface area contributed by atoms with Gasteiger partial charge in [-0.3, -0.25) is 14.4 Å². The van der Waals surface area contributed by atoms with Crippen LogP contribution in [0, 0.1) is 29.1 Å². The molecule has 5 aliphatic rings. The third-order valence-electron chi connectivity index (χ3n) is 7.56. The summed E-state index contributed by atoms with van der Waals surface area (Å²) >= 11 is 0. The number of carbonyl (C=O) groups excluding carboxylic acids is 3. The molecule has 156 valence electrons. The average Bonchev–Trinajstić information content (AvgIpc) is 3.12. The molecule has 0 spiro atoms. The number of hydrogen-bond donors (Lipinski definition) is 2. The third kappa shape index (κ3) is 3.67. The smallest absolute Gasteiger partial charge is 0.242 e. The lowest BCUT2D eigenvalue weighted by atomic mass is 9.49. The molecular formula is C22H35N3O3. The van der Waals surface area contributed by atoms with E-state index in [9.17, 15) is 14.4 Å². The highest BCUT2D eigenvalue weighted by Crippen LogP contribution is 2.60. The number of nitrogens with one attached hydrogen (secondary N) is 2. The van der Waals surface area contributed by atoms with Crippen LogP contribution >= 0.6 is 0 Å². The molecule has 4 saturated carbocycles. The van der Waals surface area contributed by atoms with Crippen LogP contribution in [0.5, 0.6) is 0 Å². The van der Waals surface area contributed by atoms with Crippen molar-refractivity contribution >= 4 is 17.7 Å². The summed E-state index contributed by atoms with van der Waals surface area (Å²) < 4.78 is 0. The lowest BCUT2D eigenvalue weighted by Gasteiger charge is -2.56. The van der Waals surface area contributed by atoms with Crippen LogP contribution in [-0.4, -0.2) is 48.3 Å². The van der Waals surface area contributed by atoms with Crippen molar-refractivity contribution in [1.29, 1.82) is 0 Å². The van der Waals surface area contributed by atoms with Gasteiger partial charge >= 0.3 is 0 Å². The van der Waals surface area contributed by atoms with Gasteiger partial charge in [0.25, 0.3) is 0 Å². The summed E-state index contributed by atoms with van der Waals surface area (Å²) in [5.41, 5.74) is -0.178. The molecule has 1 atom stereocenters. The molecule has 2 N–H and O–H groups in total. The summed E-state index contributed by atoms with van der Waals surface area (Å²) in [4.78, 5) is 39.9. The van der Waals surface area contributed by atoms with Gasteiger partial charge in [0.2, 0.25) is 17.7 Å². The van der Waals surface area contributed by atoms with Crippen LogP contribution in [0.3, 0.4) is 0 Å². The molecule has 0 radical (unpaired) electrons. The van der Waals surface area contributed by atoms with E-state index in [1.807, 2.05) is 18.7 Å². The monoisotopic (exact) mass is 389 g/mol. The second-order valence-electron chi connectivity index (χ2n) is 10.1. The van der Waals surface area contributed by atoms with Gasteiger partial charge in [-0.1, -0.05) is 13.8 Å². The predicted octanol–water partition coefficient (Wildman–Crippen LogP) is 2.08. The first-order valence-corrected chi connectivity index (χ1v) is 11.2. The van der Waals surface area contributed by atoms with Gasteiger partial charge in [-0.2, -0.15) is 0 Å². The Morgan fingerprint density at radius 3 is 2.11 bits per heavy atom. The second-order valence-corrected chi connectivity index (χ2v) is 10.1. The van der Waals surface area contributed by atoms with E-state index in [1.165, 1.54) is 19.3 Å². The molecule has 6 nitrogen and oxygen atoms in total. The second kappa shape index (κ2) is 7.68. The van der Waals surface area contributed by atoms with Crippen LogP contribution in [-0.2, 0) is 14.4 Å². The van der Waals surface area contributed by atoms with Crippen molar-refractivity contribution in [3.63, 3.8) is 0 Å². The van der Waals surface area contributed by atoms with E-state index in [4.69, 9.17) is 0 Å². The molecule has 4 bridgehead atoms. The molecule has 5 rings (SSSR count). The maximum Gasteiger partial charge on any atom is 0.242 e. The first-order chi connectivity index (χ1) is 13.4. The summed E-state index contributed by atoms with van der Waals surface area (Å²) in [5, 5.41) is 5.75. The van der Waals surface area contributed by atoms with Crippen molar-refractivity contribution in [2.24, 2.45) is 29.1 Å². The minimum atomic E-state index is -0.332. The fraction of sp³-hybridized carbons (Fsp3) is 0.864. The molecule has 0 aromatic rings. The number of amides is 3. The summed E-state index contributed by atoms with van der Waals surface area (Å²) in [6.07, 6.45) is 8.75. The number of hydrogen-bond acceptors (Lipinski definition) is 3. The van der Waals surface area contributed by atoms with Crippen LogP contribution in [0.15, 0.2) is 0 Å². The molecule has 5 fully saturated rings. The Labute approximate surface area is 168 Å². The average molecular weight is 390 g/mol. The van der Waals surface area contributed by atoms with E-state index in [1.54, 1.807) is 0 Å². The van der Waals surface area contributed by atoms with Crippen molar-refractivity contribution < 1.29 is 14.4 Å². The van der Waals surface area contributed by atoms with Gasteiger partial charge in [-0.25, -0.2) is 0 Å². The third-order valence-corrected chi connectivity index (χ3v) is 7.56.